The number of rotatable bonds is 3. The molecule has 0 aliphatic rings. The third-order valence-electron chi connectivity index (χ3n) is 2.68. The lowest BCUT2D eigenvalue weighted by Crippen LogP contribution is -2.13. The van der Waals surface area contributed by atoms with Crippen LogP contribution in [0.1, 0.15) is 23.1 Å². The highest BCUT2D eigenvalue weighted by Gasteiger charge is 2.12. The van der Waals surface area contributed by atoms with Crippen molar-refractivity contribution in [2.24, 2.45) is 7.05 Å². The minimum Gasteiger partial charge on any atom is -0.318 e. The van der Waals surface area contributed by atoms with Crippen molar-refractivity contribution in [3.63, 3.8) is 0 Å². The first-order valence-electron chi connectivity index (χ1n) is 5.45. The van der Waals surface area contributed by atoms with Crippen LogP contribution in [0.4, 0.5) is 5.69 Å². The summed E-state index contributed by atoms with van der Waals surface area (Å²) in [5, 5.41) is 11.0. The van der Waals surface area contributed by atoms with E-state index in [1.165, 1.54) is 0 Å². The summed E-state index contributed by atoms with van der Waals surface area (Å²) >= 11 is 0. The van der Waals surface area contributed by atoms with Gasteiger partial charge in [0.2, 0.25) is 0 Å². The summed E-state index contributed by atoms with van der Waals surface area (Å²) in [6.07, 6.45) is 3.41. The second-order valence-electron chi connectivity index (χ2n) is 3.78. The first kappa shape index (κ1) is 11.4. The third kappa shape index (κ3) is 2.20. The van der Waals surface area contributed by atoms with E-state index in [4.69, 9.17) is 0 Å². The lowest BCUT2D eigenvalue weighted by Gasteiger charge is -2.02. The highest BCUT2D eigenvalue weighted by molar-refractivity contribution is 6.03. The van der Waals surface area contributed by atoms with Gasteiger partial charge in [-0.2, -0.15) is 10.2 Å². The van der Waals surface area contributed by atoms with Crippen LogP contribution in [-0.4, -0.2) is 25.5 Å². The largest absolute Gasteiger partial charge is 0.318 e. The van der Waals surface area contributed by atoms with Gasteiger partial charge in [0.05, 0.1) is 17.6 Å². The van der Waals surface area contributed by atoms with Crippen LogP contribution in [0.5, 0.6) is 0 Å². The van der Waals surface area contributed by atoms with Gasteiger partial charge in [-0.25, -0.2) is 0 Å². The van der Waals surface area contributed by atoms with Gasteiger partial charge in [-0.15, -0.1) is 0 Å². The number of hydrogen-bond acceptors (Lipinski definition) is 3. The summed E-state index contributed by atoms with van der Waals surface area (Å²) in [4.78, 5) is 11.9. The smallest absolute Gasteiger partial charge is 0.276 e. The molecule has 1 amide bonds. The molecule has 0 aromatic carbocycles. The maximum absolute atomic E-state index is 11.9. The zero-order valence-corrected chi connectivity index (χ0v) is 10.1. The summed E-state index contributed by atoms with van der Waals surface area (Å²) in [5.41, 5.74) is 2.03. The van der Waals surface area contributed by atoms with Gasteiger partial charge in [-0.3, -0.25) is 14.2 Å². The molecule has 0 saturated heterocycles. The van der Waals surface area contributed by atoms with Crippen LogP contribution >= 0.6 is 0 Å². The van der Waals surface area contributed by atoms with Gasteiger partial charge in [0.15, 0.2) is 5.69 Å². The van der Waals surface area contributed by atoms with Gasteiger partial charge >= 0.3 is 0 Å². The van der Waals surface area contributed by atoms with E-state index in [2.05, 4.69) is 15.5 Å². The van der Waals surface area contributed by atoms with Crippen LogP contribution in [0.25, 0.3) is 0 Å². The first-order valence-corrected chi connectivity index (χ1v) is 5.45. The van der Waals surface area contributed by atoms with E-state index >= 15 is 0 Å². The zero-order valence-electron chi connectivity index (χ0n) is 10.1. The van der Waals surface area contributed by atoms with Crippen molar-refractivity contribution in [2.75, 3.05) is 5.32 Å². The maximum atomic E-state index is 11.9. The summed E-state index contributed by atoms with van der Waals surface area (Å²) in [6.45, 7) is 4.62. The fourth-order valence-electron chi connectivity index (χ4n) is 1.47. The Bertz CT molecular complexity index is 540. The number of carbonyl (C=O) groups is 1. The number of anilines is 1. The van der Waals surface area contributed by atoms with Crippen molar-refractivity contribution >= 4 is 11.6 Å². The molecule has 0 radical (unpaired) electrons. The molecule has 0 spiro atoms. The predicted molar refractivity (Wildman–Crippen MR) is 63.8 cm³/mol. The van der Waals surface area contributed by atoms with Gasteiger partial charge < -0.3 is 5.32 Å². The molecule has 90 valence electrons. The minimum absolute atomic E-state index is 0.215. The van der Waals surface area contributed by atoms with Crippen molar-refractivity contribution < 1.29 is 4.79 Å². The van der Waals surface area contributed by atoms with Crippen molar-refractivity contribution in [3.8, 4) is 0 Å². The first-order chi connectivity index (χ1) is 8.11. The molecule has 6 nitrogen and oxygen atoms in total. The minimum atomic E-state index is -0.215. The van der Waals surface area contributed by atoms with Crippen LogP contribution in [-0.2, 0) is 13.6 Å². The van der Waals surface area contributed by atoms with Crippen LogP contribution in [0.15, 0.2) is 18.5 Å². The van der Waals surface area contributed by atoms with Crippen molar-refractivity contribution in [1.82, 2.24) is 19.6 Å². The second kappa shape index (κ2) is 4.40. The monoisotopic (exact) mass is 233 g/mol. The van der Waals surface area contributed by atoms with Gasteiger partial charge in [0.25, 0.3) is 5.91 Å². The highest BCUT2D eigenvalue weighted by Crippen LogP contribution is 2.13. The molecule has 0 aliphatic heterocycles. The maximum Gasteiger partial charge on any atom is 0.276 e. The van der Waals surface area contributed by atoms with E-state index in [0.29, 0.717) is 11.4 Å². The highest BCUT2D eigenvalue weighted by atomic mass is 16.2. The Kier molecular flexibility index (Phi) is 2.95. The summed E-state index contributed by atoms with van der Waals surface area (Å²) in [7, 11) is 1.83. The average Bonchev–Trinajstić information content (AvgIpc) is 2.91. The lowest BCUT2D eigenvalue weighted by atomic mass is 10.3. The number of nitrogens with zero attached hydrogens (tertiary/aromatic N) is 4. The van der Waals surface area contributed by atoms with Crippen molar-refractivity contribution in [1.29, 1.82) is 0 Å². The number of hydrogen-bond donors (Lipinski definition) is 1. The quantitative estimate of drug-likeness (QED) is 0.866. The molecule has 0 fully saturated rings. The van der Waals surface area contributed by atoms with E-state index in [1.807, 2.05) is 20.9 Å². The van der Waals surface area contributed by atoms with E-state index in [-0.39, 0.29) is 5.91 Å². The molecular formula is C11H15N5O. The molecule has 2 rings (SSSR count). The Morgan fingerprint density at radius 1 is 1.53 bits per heavy atom. The van der Waals surface area contributed by atoms with Crippen molar-refractivity contribution in [3.05, 3.63) is 29.8 Å². The molecular weight excluding hydrogens is 218 g/mol. The number of nitrogens with one attached hydrogen (secondary N) is 1. The Morgan fingerprint density at radius 3 is 2.82 bits per heavy atom. The van der Waals surface area contributed by atoms with Gasteiger partial charge in [-0.05, 0) is 19.9 Å². The van der Waals surface area contributed by atoms with E-state index in [0.717, 1.165) is 12.2 Å². The summed E-state index contributed by atoms with van der Waals surface area (Å²) in [5.74, 6) is -0.215. The summed E-state index contributed by atoms with van der Waals surface area (Å²) in [6, 6.07) is 1.70. The van der Waals surface area contributed by atoms with E-state index < -0.39 is 0 Å². The molecule has 2 heterocycles. The molecule has 0 unspecified atom stereocenters. The molecule has 6 heteroatoms. The van der Waals surface area contributed by atoms with Crippen molar-refractivity contribution in [2.45, 2.75) is 20.4 Å². The predicted octanol–water partition coefficient (Wildman–Crippen LogP) is 1.20. The number of carbonyl (C=O) groups excluding carboxylic acids is 1. The zero-order chi connectivity index (χ0) is 12.4. The van der Waals surface area contributed by atoms with Gasteiger partial charge in [-0.1, -0.05) is 0 Å². The van der Waals surface area contributed by atoms with Crippen LogP contribution in [0.2, 0.25) is 0 Å². The molecule has 0 bridgehead atoms. The molecule has 1 N–H and O–H groups in total. The third-order valence-corrected chi connectivity index (χ3v) is 2.68. The standard InChI is InChI=1S/C11H15N5O/c1-4-16-6-5-9(14-16)11(17)13-10-7-12-15(3)8(10)2/h5-7H,4H2,1-3H3,(H,13,17). The van der Waals surface area contributed by atoms with Gasteiger partial charge in [0, 0.05) is 19.8 Å². The Hall–Kier alpha value is -2.11. The Labute approximate surface area is 99.2 Å². The molecule has 17 heavy (non-hydrogen) atoms. The van der Waals surface area contributed by atoms with E-state index in [1.54, 1.807) is 27.8 Å². The molecule has 0 atom stereocenters. The topological polar surface area (TPSA) is 64.7 Å². The van der Waals surface area contributed by atoms with E-state index in [9.17, 15) is 4.79 Å². The molecule has 0 saturated carbocycles. The van der Waals surface area contributed by atoms with Crippen LogP contribution in [0.3, 0.4) is 0 Å². The Morgan fingerprint density at radius 2 is 2.29 bits per heavy atom. The fourth-order valence-corrected chi connectivity index (χ4v) is 1.47. The second-order valence-corrected chi connectivity index (χ2v) is 3.78. The average molecular weight is 233 g/mol. The fraction of sp³-hybridized carbons (Fsp3) is 0.364. The number of aromatic nitrogens is 4. The van der Waals surface area contributed by atoms with Crippen LogP contribution < -0.4 is 5.32 Å². The molecule has 2 aromatic heterocycles. The Balaban J connectivity index is 2.14. The number of amides is 1. The van der Waals surface area contributed by atoms with Gasteiger partial charge in [0.1, 0.15) is 0 Å². The number of aryl methyl sites for hydroxylation is 2. The SMILES string of the molecule is CCn1ccc(C(=O)Nc2cnn(C)c2C)n1. The summed E-state index contributed by atoms with van der Waals surface area (Å²) < 4.78 is 3.42. The molecule has 2 aromatic rings. The van der Waals surface area contributed by atoms with Crippen LogP contribution in [0, 0.1) is 6.92 Å². The lowest BCUT2D eigenvalue weighted by molar-refractivity contribution is 0.102. The molecule has 0 aliphatic carbocycles. The normalized spacial score (nSPS) is 10.5.